The van der Waals surface area contributed by atoms with Gasteiger partial charge in [0.15, 0.2) is 0 Å². The van der Waals surface area contributed by atoms with E-state index in [-0.39, 0.29) is 12.4 Å². The minimum Gasteiger partial charge on any atom is -0.465 e. The zero-order valence-corrected chi connectivity index (χ0v) is 9.31. The van der Waals surface area contributed by atoms with Crippen LogP contribution in [-0.4, -0.2) is 21.4 Å². The summed E-state index contributed by atoms with van der Waals surface area (Å²) in [6.45, 7) is -0.0179. The Balaban J connectivity index is 2.12. The minimum atomic E-state index is -1.14. The Kier molecular flexibility index (Phi) is 3.24. The zero-order valence-electron chi connectivity index (χ0n) is 8.55. The number of hydrogen-bond acceptors (Lipinski definition) is 4. The number of rotatable bonds is 3. The molecule has 1 heterocycles. The number of hydrogen-bond donors (Lipinski definition) is 2. The molecule has 88 valence electrons. The molecule has 7 heteroatoms. The SMILES string of the molecule is O=C(O)NCc1nnc(-c2ccc(Cl)cc2)o1. The maximum atomic E-state index is 10.3. The van der Waals surface area contributed by atoms with Gasteiger partial charge >= 0.3 is 6.09 Å². The largest absolute Gasteiger partial charge is 0.465 e. The fourth-order valence-corrected chi connectivity index (χ4v) is 1.31. The summed E-state index contributed by atoms with van der Waals surface area (Å²) in [7, 11) is 0. The zero-order chi connectivity index (χ0) is 12.3. The van der Waals surface area contributed by atoms with Gasteiger partial charge in [-0.2, -0.15) is 0 Å². The summed E-state index contributed by atoms with van der Waals surface area (Å²) in [6.07, 6.45) is -1.14. The first-order valence-electron chi connectivity index (χ1n) is 4.70. The van der Waals surface area contributed by atoms with E-state index in [2.05, 4.69) is 15.5 Å². The maximum Gasteiger partial charge on any atom is 0.405 e. The van der Waals surface area contributed by atoms with Crippen LogP contribution in [0.1, 0.15) is 5.89 Å². The van der Waals surface area contributed by atoms with Crippen molar-refractivity contribution in [3.8, 4) is 11.5 Å². The van der Waals surface area contributed by atoms with Crippen molar-refractivity contribution in [2.45, 2.75) is 6.54 Å². The van der Waals surface area contributed by atoms with Gasteiger partial charge in [-0.05, 0) is 24.3 Å². The number of nitrogens with zero attached hydrogens (tertiary/aromatic N) is 2. The minimum absolute atomic E-state index is 0.0179. The summed E-state index contributed by atoms with van der Waals surface area (Å²) in [4.78, 5) is 10.3. The van der Waals surface area contributed by atoms with Crippen LogP contribution in [0.5, 0.6) is 0 Å². The third kappa shape index (κ3) is 2.94. The van der Waals surface area contributed by atoms with Crippen molar-refractivity contribution in [2.75, 3.05) is 0 Å². The Morgan fingerprint density at radius 2 is 2.06 bits per heavy atom. The number of aromatic nitrogens is 2. The summed E-state index contributed by atoms with van der Waals surface area (Å²) in [6, 6.07) is 6.89. The number of benzene rings is 1. The van der Waals surface area contributed by atoms with Gasteiger partial charge in [-0.1, -0.05) is 11.6 Å². The summed E-state index contributed by atoms with van der Waals surface area (Å²) in [5, 5.41) is 18.7. The second-order valence-electron chi connectivity index (χ2n) is 3.17. The molecule has 0 atom stereocenters. The average Bonchev–Trinajstić information content (AvgIpc) is 2.76. The molecule has 0 radical (unpaired) electrons. The van der Waals surface area contributed by atoms with Crippen molar-refractivity contribution in [3.63, 3.8) is 0 Å². The highest BCUT2D eigenvalue weighted by molar-refractivity contribution is 6.30. The molecule has 0 unspecified atom stereocenters. The van der Waals surface area contributed by atoms with E-state index in [4.69, 9.17) is 21.1 Å². The van der Waals surface area contributed by atoms with Gasteiger partial charge in [0.25, 0.3) is 0 Å². The van der Waals surface area contributed by atoms with E-state index < -0.39 is 6.09 Å². The predicted molar refractivity (Wildman–Crippen MR) is 59.6 cm³/mol. The second-order valence-corrected chi connectivity index (χ2v) is 3.60. The van der Waals surface area contributed by atoms with E-state index in [0.29, 0.717) is 10.9 Å². The van der Waals surface area contributed by atoms with Crippen LogP contribution in [0.25, 0.3) is 11.5 Å². The molecule has 1 aromatic carbocycles. The van der Waals surface area contributed by atoms with Crippen LogP contribution in [0.3, 0.4) is 0 Å². The first kappa shape index (κ1) is 11.4. The molecular formula is C10H8ClN3O3. The quantitative estimate of drug-likeness (QED) is 0.875. The molecule has 2 aromatic rings. The van der Waals surface area contributed by atoms with E-state index in [9.17, 15) is 4.79 Å². The van der Waals surface area contributed by atoms with Crippen LogP contribution in [0.2, 0.25) is 5.02 Å². The molecule has 1 amide bonds. The predicted octanol–water partition coefficient (Wildman–Crippen LogP) is 2.16. The van der Waals surface area contributed by atoms with E-state index >= 15 is 0 Å². The lowest BCUT2D eigenvalue weighted by Crippen LogP contribution is -2.20. The number of halogens is 1. The summed E-state index contributed by atoms with van der Waals surface area (Å²) in [5.41, 5.74) is 0.725. The Hall–Kier alpha value is -2.08. The maximum absolute atomic E-state index is 10.3. The Bertz CT molecular complexity index is 524. The van der Waals surface area contributed by atoms with E-state index in [1.165, 1.54) is 0 Å². The highest BCUT2D eigenvalue weighted by Gasteiger charge is 2.08. The first-order valence-corrected chi connectivity index (χ1v) is 5.08. The molecule has 0 saturated carbocycles. The normalized spacial score (nSPS) is 10.2. The summed E-state index contributed by atoms with van der Waals surface area (Å²) in [5.74, 6) is 0.529. The van der Waals surface area contributed by atoms with Gasteiger partial charge in [0.2, 0.25) is 11.8 Å². The fraction of sp³-hybridized carbons (Fsp3) is 0.100. The molecule has 6 nitrogen and oxygen atoms in total. The highest BCUT2D eigenvalue weighted by atomic mass is 35.5. The van der Waals surface area contributed by atoms with Crippen LogP contribution in [0.4, 0.5) is 4.79 Å². The van der Waals surface area contributed by atoms with Gasteiger partial charge in [-0.3, -0.25) is 0 Å². The van der Waals surface area contributed by atoms with Gasteiger partial charge < -0.3 is 14.8 Å². The number of carboxylic acid groups (broad SMARTS) is 1. The molecule has 0 fully saturated rings. The topological polar surface area (TPSA) is 88.2 Å². The average molecular weight is 254 g/mol. The molecule has 2 N–H and O–H groups in total. The van der Waals surface area contributed by atoms with Crippen molar-refractivity contribution >= 4 is 17.7 Å². The van der Waals surface area contributed by atoms with E-state index in [1.54, 1.807) is 24.3 Å². The van der Waals surface area contributed by atoms with Crippen molar-refractivity contribution in [1.82, 2.24) is 15.5 Å². The summed E-state index contributed by atoms with van der Waals surface area (Å²) >= 11 is 5.75. The number of carbonyl (C=O) groups is 1. The van der Waals surface area contributed by atoms with Crippen molar-refractivity contribution < 1.29 is 14.3 Å². The number of amides is 1. The van der Waals surface area contributed by atoms with E-state index in [0.717, 1.165) is 5.56 Å². The molecule has 2 rings (SSSR count). The molecular weight excluding hydrogens is 246 g/mol. The standard InChI is InChI=1S/C10H8ClN3O3/c11-7-3-1-6(2-4-7)9-14-13-8(17-9)5-12-10(15)16/h1-4,12H,5H2,(H,15,16). The highest BCUT2D eigenvalue weighted by Crippen LogP contribution is 2.19. The van der Waals surface area contributed by atoms with Crippen LogP contribution in [0, 0.1) is 0 Å². The number of nitrogens with one attached hydrogen (secondary N) is 1. The van der Waals surface area contributed by atoms with Crippen molar-refractivity contribution in [3.05, 3.63) is 35.2 Å². The molecule has 0 aliphatic carbocycles. The van der Waals surface area contributed by atoms with Crippen LogP contribution in [-0.2, 0) is 6.54 Å². The van der Waals surface area contributed by atoms with Crippen molar-refractivity contribution in [2.24, 2.45) is 0 Å². The molecule has 0 aliphatic heterocycles. The lowest BCUT2D eigenvalue weighted by Gasteiger charge is -1.95. The third-order valence-corrected chi connectivity index (χ3v) is 2.20. The first-order chi connectivity index (χ1) is 8.15. The molecule has 0 aliphatic rings. The smallest absolute Gasteiger partial charge is 0.405 e. The van der Waals surface area contributed by atoms with Gasteiger partial charge in [-0.25, -0.2) is 4.79 Å². The Morgan fingerprint density at radius 3 is 2.71 bits per heavy atom. The van der Waals surface area contributed by atoms with Crippen molar-refractivity contribution in [1.29, 1.82) is 0 Å². The van der Waals surface area contributed by atoms with Crippen LogP contribution < -0.4 is 5.32 Å². The van der Waals surface area contributed by atoms with Gasteiger partial charge in [0.05, 0.1) is 6.54 Å². The van der Waals surface area contributed by atoms with Crippen LogP contribution >= 0.6 is 11.6 Å². The molecule has 17 heavy (non-hydrogen) atoms. The van der Waals surface area contributed by atoms with Gasteiger partial charge in [0, 0.05) is 10.6 Å². The molecule has 0 bridgehead atoms. The van der Waals surface area contributed by atoms with Crippen LogP contribution in [0.15, 0.2) is 28.7 Å². The van der Waals surface area contributed by atoms with Gasteiger partial charge in [0.1, 0.15) is 0 Å². The molecule has 1 aromatic heterocycles. The third-order valence-electron chi connectivity index (χ3n) is 1.95. The summed E-state index contributed by atoms with van der Waals surface area (Å²) < 4.78 is 5.27. The Labute approximate surface area is 101 Å². The lowest BCUT2D eigenvalue weighted by molar-refractivity contribution is 0.192. The second kappa shape index (κ2) is 4.84. The molecule has 0 spiro atoms. The van der Waals surface area contributed by atoms with E-state index in [1.807, 2.05) is 0 Å². The van der Waals surface area contributed by atoms with Gasteiger partial charge in [-0.15, -0.1) is 10.2 Å². The lowest BCUT2D eigenvalue weighted by atomic mass is 10.2. The monoisotopic (exact) mass is 253 g/mol. The fourth-order valence-electron chi connectivity index (χ4n) is 1.19. The molecule has 0 saturated heterocycles. The Morgan fingerprint density at radius 1 is 1.35 bits per heavy atom.